The predicted molar refractivity (Wildman–Crippen MR) is 58.3 cm³/mol. The van der Waals surface area contributed by atoms with E-state index in [0.29, 0.717) is 11.3 Å². The molecule has 0 N–H and O–H groups in total. The van der Waals surface area contributed by atoms with Crippen LogP contribution in [0.5, 0.6) is 5.75 Å². The predicted octanol–water partition coefficient (Wildman–Crippen LogP) is 2.45. The molecule has 3 heteroatoms. The Morgan fingerprint density at radius 2 is 2.13 bits per heavy atom. The van der Waals surface area contributed by atoms with Gasteiger partial charge in [0, 0.05) is 11.6 Å². The van der Waals surface area contributed by atoms with Crippen molar-refractivity contribution >= 4 is 16.7 Å². The van der Waals surface area contributed by atoms with Gasteiger partial charge in [0.25, 0.3) is 0 Å². The number of carbonyl (C=O) groups is 1. The molecule has 0 spiro atoms. The molecule has 0 saturated carbocycles. The fourth-order valence-electron chi connectivity index (χ4n) is 1.67. The molecule has 76 valence electrons. The van der Waals surface area contributed by atoms with Crippen molar-refractivity contribution in [1.29, 1.82) is 0 Å². The van der Waals surface area contributed by atoms with Gasteiger partial charge in [0.1, 0.15) is 5.75 Å². The number of fused-ring (bicyclic) bond motifs is 1. The third kappa shape index (κ3) is 1.56. The molecule has 0 amide bonds. The molecular weight excluding hydrogens is 190 g/mol. The van der Waals surface area contributed by atoms with Crippen LogP contribution in [-0.2, 0) is 0 Å². The van der Waals surface area contributed by atoms with E-state index < -0.39 is 0 Å². The minimum Gasteiger partial charge on any atom is -0.496 e. The Morgan fingerprint density at radius 3 is 2.80 bits per heavy atom. The number of pyridine rings is 1. The molecular formula is C12H11NO2. The van der Waals surface area contributed by atoms with Crippen molar-refractivity contribution in [1.82, 2.24) is 4.98 Å². The first kappa shape index (κ1) is 9.65. The smallest absolute Gasteiger partial charge is 0.164 e. The van der Waals surface area contributed by atoms with Gasteiger partial charge in [-0.15, -0.1) is 0 Å². The zero-order valence-electron chi connectivity index (χ0n) is 8.65. The summed E-state index contributed by atoms with van der Waals surface area (Å²) >= 11 is 0. The number of hydrogen-bond donors (Lipinski definition) is 0. The fraction of sp³-hybridized carbons (Fsp3) is 0.167. The molecule has 2 rings (SSSR count). The Labute approximate surface area is 87.7 Å². The van der Waals surface area contributed by atoms with Gasteiger partial charge in [-0.05, 0) is 25.1 Å². The van der Waals surface area contributed by atoms with Crippen LogP contribution >= 0.6 is 0 Å². The molecule has 0 unspecified atom stereocenters. The average Bonchev–Trinajstić information content (AvgIpc) is 2.27. The SMILES string of the molecule is COc1ccc2ncccc2c1C(C)=O. The van der Waals surface area contributed by atoms with E-state index in [1.807, 2.05) is 18.2 Å². The van der Waals surface area contributed by atoms with Gasteiger partial charge >= 0.3 is 0 Å². The van der Waals surface area contributed by atoms with Crippen molar-refractivity contribution in [3.63, 3.8) is 0 Å². The minimum atomic E-state index is -0.00884. The number of nitrogens with zero attached hydrogens (tertiary/aromatic N) is 1. The molecule has 0 atom stereocenters. The van der Waals surface area contributed by atoms with Crippen molar-refractivity contribution in [2.45, 2.75) is 6.92 Å². The highest BCUT2D eigenvalue weighted by Crippen LogP contribution is 2.26. The van der Waals surface area contributed by atoms with E-state index in [0.717, 1.165) is 10.9 Å². The summed E-state index contributed by atoms with van der Waals surface area (Å²) in [6.07, 6.45) is 1.71. The Bertz CT molecular complexity index is 520. The lowest BCUT2D eigenvalue weighted by molar-refractivity contribution is 0.101. The van der Waals surface area contributed by atoms with Crippen LogP contribution in [0.3, 0.4) is 0 Å². The molecule has 15 heavy (non-hydrogen) atoms. The summed E-state index contributed by atoms with van der Waals surface area (Å²) in [6, 6.07) is 7.31. The van der Waals surface area contributed by atoms with Crippen LogP contribution in [0.25, 0.3) is 10.9 Å². The highest BCUT2D eigenvalue weighted by Gasteiger charge is 2.12. The first-order valence-electron chi connectivity index (χ1n) is 4.66. The molecule has 2 aromatic rings. The van der Waals surface area contributed by atoms with Crippen LogP contribution in [-0.4, -0.2) is 17.9 Å². The first-order valence-corrected chi connectivity index (χ1v) is 4.66. The van der Waals surface area contributed by atoms with Crippen molar-refractivity contribution in [3.05, 3.63) is 36.0 Å². The second-order valence-corrected chi connectivity index (χ2v) is 3.27. The van der Waals surface area contributed by atoms with Gasteiger partial charge in [0.15, 0.2) is 5.78 Å². The summed E-state index contributed by atoms with van der Waals surface area (Å²) in [6.45, 7) is 1.53. The second-order valence-electron chi connectivity index (χ2n) is 3.27. The fourth-order valence-corrected chi connectivity index (χ4v) is 1.67. The van der Waals surface area contributed by atoms with Gasteiger partial charge in [0.05, 0.1) is 18.2 Å². The van der Waals surface area contributed by atoms with Gasteiger partial charge in [-0.25, -0.2) is 0 Å². The lowest BCUT2D eigenvalue weighted by Gasteiger charge is -2.08. The number of aromatic nitrogens is 1. The minimum absolute atomic E-state index is 0.00884. The van der Waals surface area contributed by atoms with Gasteiger partial charge in [-0.1, -0.05) is 6.07 Å². The number of Topliss-reactive ketones (excluding diaryl/α,β-unsaturated/α-hetero) is 1. The average molecular weight is 201 g/mol. The van der Waals surface area contributed by atoms with E-state index in [2.05, 4.69) is 4.98 Å². The van der Waals surface area contributed by atoms with Crippen LogP contribution in [0.4, 0.5) is 0 Å². The maximum Gasteiger partial charge on any atom is 0.164 e. The maximum atomic E-state index is 11.5. The lowest BCUT2D eigenvalue weighted by atomic mass is 10.0. The molecule has 0 aliphatic rings. The highest BCUT2D eigenvalue weighted by molar-refractivity contribution is 6.08. The number of methoxy groups -OCH3 is 1. The summed E-state index contributed by atoms with van der Waals surface area (Å²) in [4.78, 5) is 15.7. The molecule has 0 saturated heterocycles. The molecule has 0 aliphatic carbocycles. The third-order valence-corrected chi connectivity index (χ3v) is 2.32. The zero-order valence-corrected chi connectivity index (χ0v) is 8.65. The van der Waals surface area contributed by atoms with Gasteiger partial charge in [-0.2, -0.15) is 0 Å². The van der Waals surface area contributed by atoms with Crippen LogP contribution in [0.15, 0.2) is 30.5 Å². The topological polar surface area (TPSA) is 39.2 Å². The molecule has 0 fully saturated rings. The molecule has 0 bridgehead atoms. The number of hydrogen-bond acceptors (Lipinski definition) is 3. The van der Waals surface area contributed by atoms with E-state index >= 15 is 0 Å². The summed E-state index contributed by atoms with van der Waals surface area (Å²) < 4.78 is 5.17. The van der Waals surface area contributed by atoms with Gasteiger partial charge < -0.3 is 4.74 Å². The summed E-state index contributed by atoms with van der Waals surface area (Å²) in [5.41, 5.74) is 1.41. The number of carbonyl (C=O) groups excluding carboxylic acids is 1. The number of ether oxygens (including phenoxy) is 1. The lowest BCUT2D eigenvalue weighted by Crippen LogP contribution is -1.99. The molecule has 0 aliphatic heterocycles. The number of ketones is 1. The van der Waals surface area contributed by atoms with Crippen molar-refractivity contribution in [3.8, 4) is 5.75 Å². The summed E-state index contributed by atoms with van der Waals surface area (Å²) in [5.74, 6) is 0.591. The van der Waals surface area contributed by atoms with E-state index in [-0.39, 0.29) is 5.78 Å². The first-order chi connectivity index (χ1) is 7.24. The molecule has 1 aromatic carbocycles. The van der Waals surface area contributed by atoms with E-state index in [4.69, 9.17) is 4.74 Å². The second kappa shape index (κ2) is 3.69. The normalized spacial score (nSPS) is 10.3. The van der Waals surface area contributed by atoms with Crippen molar-refractivity contribution < 1.29 is 9.53 Å². The number of rotatable bonds is 2. The maximum absolute atomic E-state index is 11.5. The van der Waals surface area contributed by atoms with Crippen molar-refractivity contribution in [2.24, 2.45) is 0 Å². The largest absolute Gasteiger partial charge is 0.496 e. The van der Waals surface area contributed by atoms with E-state index in [9.17, 15) is 4.79 Å². The van der Waals surface area contributed by atoms with Crippen LogP contribution in [0.1, 0.15) is 17.3 Å². The Hall–Kier alpha value is -1.90. The Balaban J connectivity index is 2.85. The van der Waals surface area contributed by atoms with Crippen LogP contribution < -0.4 is 4.74 Å². The summed E-state index contributed by atoms with van der Waals surface area (Å²) in [7, 11) is 1.56. The van der Waals surface area contributed by atoms with Gasteiger partial charge in [0.2, 0.25) is 0 Å². The standard InChI is InChI=1S/C12H11NO2/c1-8(14)12-9-4-3-7-13-10(9)5-6-11(12)15-2/h3-7H,1-2H3. The highest BCUT2D eigenvalue weighted by atomic mass is 16.5. The monoisotopic (exact) mass is 201 g/mol. The molecule has 1 aromatic heterocycles. The van der Waals surface area contributed by atoms with E-state index in [1.54, 1.807) is 19.4 Å². The third-order valence-electron chi connectivity index (χ3n) is 2.32. The molecule has 0 radical (unpaired) electrons. The van der Waals surface area contributed by atoms with Crippen LogP contribution in [0.2, 0.25) is 0 Å². The van der Waals surface area contributed by atoms with Crippen LogP contribution in [0, 0.1) is 0 Å². The Kier molecular flexibility index (Phi) is 2.37. The zero-order chi connectivity index (χ0) is 10.8. The molecule has 1 heterocycles. The summed E-state index contributed by atoms with van der Waals surface area (Å²) in [5, 5.41) is 0.837. The number of benzene rings is 1. The molecule has 3 nitrogen and oxygen atoms in total. The Morgan fingerprint density at radius 1 is 1.33 bits per heavy atom. The van der Waals surface area contributed by atoms with Gasteiger partial charge in [-0.3, -0.25) is 9.78 Å². The quantitative estimate of drug-likeness (QED) is 0.700. The van der Waals surface area contributed by atoms with E-state index in [1.165, 1.54) is 6.92 Å². The van der Waals surface area contributed by atoms with Crippen molar-refractivity contribution in [2.75, 3.05) is 7.11 Å².